The fraction of sp³-hybridized carbons (Fsp3) is 0.200. The Morgan fingerprint density at radius 2 is 1.85 bits per heavy atom. The van der Waals surface area contributed by atoms with Crippen LogP contribution in [0.1, 0.15) is 11.1 Å². The molecule has 2 aromatic carbocycles. The molecule has 140 valence electrons. The van der Waals surface area contributed by atoms with Gasteiger partial charge in [-0.25, -0.2) is 9.07 Å². The number of halogens is 1. The summed E-state index contributed by atoms with van der Waals surface area (Å²) in [7, 11) is 3.14. The lowest BCUT2D eigenvalue weighted by atomic mass is 10.1. The Hall–Kier alpha value is -3.35. The van der Waals surface area contributed by atoms with Crippen LogP contribution in [0.4, 0.5) is 10.2 Å². The number of rotatable bonds is 7. The number of aromatic nitrogens is 2. The van der Waals surface area contributed by atoms with E-state index < -0.39 is 5.82 Å². The van der Waals surface area contributed by atoms with Gasteiger partial charge >= 0.3 is 0 Å². The molecule has 3 aromatic rings. The van der Waals surface area contributed by atoms with Crippen molar-refractivity contribution in [1.82, 2.24) is 9.78 Å². The van der Waals surface area contributed by atoms with Gasteiger partial charge in [0.25, 0.3) is 0 Å². The quantitative estimate of drug-likeness (QED) is 0.694. The zero-order chi connectivity index (χ0) is 19.2. The molecule has 27 heavy (non-hydrogen) atoms. The molecule has 6 nitrogen and oxygen atoms in total. The summed E-state index contributed by atoms with van der Waals surface area (Å²) in [5.74, 6) is 1.02. The van der Waals surface area contributed by atoms with Crippen LogP contribution in [0.15, 0.2) is 54.7 Å². The third-order valence-electron chi connectivity index (χ3n) is 4.10. The lowest BCUT2D eigenvalue weighted by Crippen LogP contribution is -2.18. The minimum Gasteiger partial charge on any atom is -0.493 e. The number of anilines is 1. The van der Waals surface area contributed by atoms with E-state index in [1.165, 1.54) is 6.07 Å². The Bertz CT molecular complexity index is 940. The summed E-state index contributed by atoms with van der Waals surface area (Å²) >= 11 is 0. The highest BCUT2D eigenvalue weighted by Crippen LogP contribution is 2.31. The SMILES string of the molecule is COc1cccc(Cn2nccc2NC(=O)Cc2ccccc2F)c1OC. The monoisotopic (exact) mass is 369 g/mol. The van der Waals surface area contributed by atoms with Crippen LogP contribution in [0.3, 0.4) is 0 Å². The smallest absolute Gasteiger partial charge is 0.230 e. The number of carbonyl (C=O) groups excluding carboxylic acids is 1. The molecule has 0 bridgehead atoms. The Kier molecular flexibility index (Phi) is 5.71. The first-order valence-electron chi connectivity index (χ1n) is 8.37. The van der Waals surface area contributed by atoms with E-state index in [9.17, 15) is 9.18 Å². The number of nitrogens with zero attached hydrogens (tertiary/aromatic N) is 2. The molecule has 1 aromatic heterocycles. The van der Waals surface area contributed by atoms with Crippen molar-refractivity contribution in [3.8, 4) is 11.5 Å². The van der Waals surface area contributed by atoms with Crippen LogP contribution in [-0.2, 0) is 17.8 Å². The number of ether oxygens (including phenoxy) is 2. The van der Waals surface area contributed by atoms with Gasteiger partial charge in [0.1, 0.15) is 11.6 Å². The van der Waals surface area contributed by atoms with E-state index in [0.29, 0.717) is 29.4 Å². The van der Waals surface area contributed by atoms with Crippen LogP contribution < -0.4 is 14.8 Å². The largest absolute Gasteiger partial charge is 0.493 e. The highest BCUT2D eigenvalue weighted by Gasteiger charge is 2.14. The predicted molar refractivity (Wildman–Crippen MR) is 99.6 cm³/mol. The second-order valence-electron chi connectivity index (χ2n) is 5.84. The molecule has 1 amide bonds. The van der Waals surface area contributed by atoms with E-state index in [0.717, 1.165) is 5.56 Å². The van der Waals surface area contributed by atoms with Gasteiger partial charge in [-0.1, -0.05) is 30.3 Å². The first-order valence-corrected chi connectivity index (χ1v) is 8.37. The van der Waals surface area contributed by atoms with Gasteiger partial charge in [0.15, 0.2) is 11.5 Å². The number of amides is 1. The number of methoxy groups -OCH3 is 2. The van der Waals surface area contributed by atoms with Gasteiger partial charge in [-0.2, -0.15) is 5.10 Å². The molecule has 1 N–H and O–H groups in total. The average molecular weight is 369 g/mol. The van der Waals surface area contributed by atoms with E-state index in [-0.39, 0.29) is 12.3 Å². The van der Waals surface area contributed by atoms with E-state index in [2.05, 4.69) is 10.4 Å². The van der Waals surface area contributed by atoms with Crippen molar-refractivity contribution in [3.05, 3.63) is 71.7 Å². The summed E-state index contributed by atoms with van der Waals surface area (Å²) in [4.78, 5) is 12.3. The first-order chi connectivity index (χ1) is 13.1. The van der Waals surface area contributed by atoms with Gasteiger partial charge in [-0.05, 0) is 17.7 Å². The third kappa shape index (κ3) is 4.25. The summed E-state index contributed by atoms with van der Waals surface area (Å²) in [6.07, 6.45) is 1.53. The summed E-state index contributed by atoms with van der Waals surface area (Å²) in [6.45, 7) is 0.378. The minimum atomic E-state index is -0.401. The minimum absolute atomic E-state index is 0.0552. The van der Waals surface area contributed by atoms with Gasteiger partial charge in [-0.15, -0.1) is 0 Å². The number of hydrogen-bond acceptors (Lipinski definition) is 4. The summed E-state index contributed by atoms with van der Waals surface area (Å²) in [5.41, 5.74) is 1.20. The zero-order valence-corrected chi connectivity index (χ0v) is 15.1. The maximum atomic E-state index is 13.7. The molecule has 0 unspecified atom stereocenters. The van der Waals surface area contributed by atoms with Crippen LogP contribution in [0, 0.1) is 5.82 Å². The molecule has 0 spiro atoms. The van der Waals surface area contributed by atoms with Crippen LogP contribution >= 0.6 is 0 Å². The highest BCUT2D eigenvalue weighted by molar-refractivity contribution is 5.91. The normalized spacial score (nSPS) is 10.5. The average Bonchev–Trinajstić information content (AvgIpc) is 3.10. The zero-order valence-electron chi connectivity index (χ0n) is 15.1. The van der Waals surface area contributed by atoms with Gasteiger partial charge in [0, 0.05) is 11.6 Å². The van der Waals surface area contributed by atoms with Crippen molar-refractivity contribution >= 4 is 11.7 Å². The van der Waals surface area contributed by atoms with Crippen molar-refractivity contribution in [3.63, 3.8) is 0 Å². The van der Waals surface area contributed by atoms with Crippen LogP contribution in [0.5, 0.6) is 11.5 Å². The van der Waals surface area contributed by atoms with Crippen molar-refractivity contribution in [2.45, 2.75) is 13.0 Å². The molecule has 0 fully saturated rings. The second kappa shape index (κ2) is 8.35. The van der Waals surface area contributed by atoms with Gasteiger partial charge in [0.05, 0.1) is 33.4 Å². The predicted octanol–water partition coefficient (Wildman–Crippen LogP) is 3.27. The highest BCUT2D eigenvalue weighted by atomic mass is 19.1. The maximum Gasteiger partial charge on any atom is 0.230 e. The van der Waals surface area contributed by atoms with E-state index in [1.54, 1.807) is 49.4 Å². The summed E-state index contributed by atoms with van der Waals surface area (Å²) in [5, 5.41) is 7.03. The molecule has 7 heteroatoms. The van der Waals surface area contributed by atoms with E-state index in [4.69, 9.17) is 9.47 Å². The van der Waals surface area contributed by atoms with Crippen molar-refractivity contribution in [2.24, 2.45) is 0 Å². The number of carbonyl (C=O) groups is 1. The van der Waals surface area contributed by atoms with E-state index in [1.807, 2.05) is 18.2 Å². The van der Waals surface area contributed by atoms with Crippen molar-refractivity contribution in [2.75, 3.05) is 19.5 Å². The fourth-order valence-corrected chi connectivity index (χ4v) is 2.81. The maximum absolute atomic E-state index is 13.7. The number of para-hydroxylation sites is 1. The fourth-order valence-electron chi connectivity index (χ4n) is 2.81. The molecule has 0 aliphatic rings. The van der Waals surface area contributed by atoms with Crippen LogP contribution in [0.25, 0.3) is 0 Å². The second-order valence-corrected chi connectivity index (χ2v) is 5.84. The summed E-state index contributed by atoms with van der Waals surface area (Å²) in [6, 6.07) is 13.5. The molecular formula is C20H20FN3O3. The number of benzene rings is 2. The molecule has 0 saturated carbocycles. The molecule has 3 rings (SSSR count). The molecule has 0 radical (unpaired) electrons. The van der Waals surface area contributed by atoms with Gasteiger partial charge in [0.2, 0.25) is 5.91 Å². The van der Waals surface area contributed by atoms with Crippen LogP contribution in [-0.4, -0.2) is 29.9 Å². The molecule has 0 aliphatic heterocycles. The standard InChI is InChI=1S/C20H20FN3O3/c1-26-17-9-5-7-15(20(17)27-2)13-24-18(10-11-22-24)23-19(25)12-14-6-3-4-8-16(14)21/h3-11H,12-13H2,1-2H3,(H,23,25). The Morgan fingerprint density at radius 1 is 1.07 bits per heavy atom. The number of hydrogen-bond donors (Lipinski definition) is 1. The van der Waals surface area contributed by atoms with Crippen molar-refractivity contribution < 1.29 is 18.7 Å². The van der Waals surface area contributed by atoms with Crippen LogP contribution in [0.2, 0.25) is 0 Å². The Labute approximate surface area is 156 Å². The van der Waals surface area contributed by atoms with Gasteiger partial charge < -0.3 is 14.8 Å². The molecule has 0 saturated heterocycles. The lowest BCUT2D eigenvalue weighted by Gasteiger charge is -2.14. The topological polar surface area (TPSA) is 65.4 Å². The molecular weight excluding hydrogens is 349 g/mol. The number of nitrogens with one attached hydrogen (secondary N) is 1. The molecule has 0 aliphatic carbocycles. The van der Waals surface area contributed by atoms with Gasteiger partial charge in [-0.3, -0.25) is 4.79 Å². The van der Waals surface area contributed by atoms with Crippen molar-refractivity contribution in [1.29, 1.82) is 0 Å². The molecule has 1 heterocycles. The molecule has 0 atom stereocenters. The van der Waals surface area contributed by atoms with E-state index >= 15 is 0 Å². The Morgan fingerprint density at radius 3 is 2.59 bits per heavy atom. The summed E-state index contributed by atoms with van der Waals surface area (Å²) < 4.78 is 26.1. The third-order valence-corrected chi connectivity index (χ3v) is 4.10. The Balaban J connectivity index is 1.75. The lowest BCUT2D eigenvalue weighted by molar-refractivity contribution is -0.115. The first kappa shape index (κ1) is 18.4.